The van der Waals surface area contributed by atoms with E-state index in [2.05, 4.69) is 17.6 Å². The lowest BCUT2D eigenvalue weighted by molar-refractivity contribution is 0.171. The number of ether oxygens (including phenoxy) is 2. The highest BCUT2D eigenvalue weighted by atomic mass is 35.5. The predicted octanol–water partition coefficient (Wildman–Crippen LogP) is 3.49. The molecule has 1 fully saturated rings. The summed E-state index contributed by atoms with van der Waals surface area (Å²) in [6.45, 7) is 3.63. The Balaban J connectivity index is 1.55. The maximum atomic E-state index is 12.1. The van der Waals surface area contributed by atoms with Crippen LogP contribution in [0.15, 0.2) is 12.1 Å². The summed E-state index contributed by atoms with van der Waals surface area (Å²) in [4.78, 5) is 12.1. The normalized spacial score (nSPS) is 23.2. The number of benzene rings is 1. The topological polar surface area (TPSA) is 59.6 Å². The molecule has 0 saturated heterocycles. The van der Waals surface area contributed by atoms with Crippen LogP contribution >= 0.6 is 11.6 Å². The van der Waals surface area contributed by atoms with Crippen molar-refractivity contribution in [3.63, 3.8) is 0 Å². The van der Waals surface area contributed by atoms with Crippen LogP contribution in [0.1, 0.15) is 38.2 Å². The first-order valence-corrected chi connectivity index (χ1v) is 8.63. The zero-order chi connectivity index (χ0) is 16.2. The first-order valence-electron chi connectivity index (χ1n) is 8.26. The summed E-state index contributed by atoms with van der Waals surface area (Å²) in [6.07, 6.45) is 4.69. The molecule has 0 bridgehead atoms. The maximum absolute atomic E-state index is 12.1. The molecule has 126 valence electrons. The SMILES string of the molecule is CC1CCCCC1NC(=O)NCc1cc(Cl)c2c(c1)OCCO2. The van der Waals surface area contributed by atoms with Crippen LogP contribution in [-0.2, 0) is 6.54 Å². The molecule has 1 aromatic rings. The number of carbonyl (C=O) groups is 1. The monoisotopic (exact) mass is 338 g/mol. The molecule has 2 N–H and O–H groups in total. The van der Waals surface area contributed by atoms with E-state index in [4.69, 9.17) is 21.1 Å². The van der Waals surface area contributed by atoms with E-state index in [-0.39, 0.29) is 12.1 Å². The van der Waals surface area contributed by atoms with Crippen LogP contribution in [0.2, 0.25) is 5.02 Å². The maximum Gasteiger partial charge on any atom is 0.315 e. The Bertz CT molecular complexity index is 579. The van der Waals surface area contributed by atoms with Gasteiger partial charge < -0.3 is 20.1 Å². The van der Waals surface area contributed by atoms with E-state index < -0.39 is 0 Å². The predicted molar refractivity (Wildman–Crippen MR) is 89.2 cm³/mol. The number of rotatable bonds is 3. The lowest BCUT2D eigenvalue weighted by Gasteiger charge is -2.29. The summed E-state index contributed by atoms with van der Waals surface area (Å²) in [5.74, 6) is 1.77. The Morgan fingerprint density at radius 1 is 1.26 bits per heavy atom. The van der Waals surface area contributed by atoms with Crippen molar-refractivity contribution in [1.29, 1.82) is 0 Å². The largest absolute Gasteiger partial charge is 0.486 e. The highest BCUT2D eigenvalue weighted by molar-refractivity contribution is 6.32. The van der Waals surface area contributed by atoms with Crippen LogP contribution in [0, 0.1) is 5.92 Å². The van der Waals surface area contributed by atoms with Crippen molar-refractivity contribution < 1.29 is 14.3 Å². The van der Waals surface area contributed by atoms with Crippen molar-refractivity contribution in [2.45, 2.75) is 45.2 Å². The van der Waals surface area contributed by atoms with E-state index >= 15 is 0 Å². The van der Waals surface area contributed by atoms with Crippen molar-refractivity contribution in [3.8, 4) is 11.5 Å². The van der Waals surface area contributed by atoms with Crippen LogP contribution in [0.5, 0.6) is 11.5 Å². The number of carbonyl (C=O) groups excluding carboxylic acids is 1. The molecule has 0 spiro atoms. The second-order valence-electron chi connectivity index (χ2n) is 6.30. The van der Waals surface area contributed by atoms with E-state index in [0.717, 1.165) is 12.0 Å². The molecule has 1 aromatic carbocycles. The molecule has 1 saturated carbocycles. The van der Waals surface area contributed by atoms with Gasteiger partial charge in [-0.2, -0.15) is 0 Å². The number of amides is 2. The third kappa shape index (κ3) is 4.02. The Morgan fingerprint density at radius 2 is 2.04 bits per heavy atom. The van der Waals surface area contributed by atoms with E-state index in [1.807, 2.05) is 6.07 Å². The van der Waals surface area contributed by atoms with Crippen LogP contribution < -0.4 is 20.1 Å². The van der Waals surface area contributed by atoms with Gasteiger partial charge in [0.2, 0.25) is 0 Å². The first kappa shape index (κ1) is 16.2. The minimum atomic E-state index is -0.130. The molecule has 0 aromatic heterocycles. The van der Waals surface area contributed by atoms with Gasteiger partial charge in [0.1, 0.15) is 13.2 Å². The van der Waals surface area contributed by atoms with Gasteiger partial charge in [0.05, 0.1) is 5.02 Å². The molecule has 6 heteroatoms. The fourth-order valence-electron chi connectivity index (χ4n) is 3.20. The standard InChI is InChI=1S/C17H23ClN2O3/c1-11-4-2-3-5-14(11)20-17(21)19-10-12-8-13(18)16-15(9-12)22-6-7-23-16/h8-9,11,14H,2-7,10H2,1H3,(H2,19,20,21). The Hall–Kier alpha value is -1.62. The number of hydrogen-bond acceptors (Lipinski definition) is 3. The summed E-state index contributed by atoms with van der Waals surface area (Å²) in [6, 6.07) is 3.81. The quantitative estimate of drug-likeness (QED) is 0.887. The second kappa shape index (κ2) is 7.30. The molecule has 1 aliphatic carbocycles. The van der Waals surface area contributed by atoms with Crippen LogP contribution in [0.25, 0.3) is 0 Å². The van der Waals surface area contributed by atoms with E-state index in [0.29, 0.717) is 42.2 Å². The Kier molecular flexibility index (Phi) is 5.16. The van der Waals surface area contributed by atoms with Gasteiger partial charge >= 0.3 is 6.03 Å². The molecule has 2 aliphatic rings. The highest BCUT2D eigenvalue weighted by Gasteiger charge is 2.23. The Labute approximate surface area is 141 Å². The zero-order valence-corrected chi connectivity index (χ0v) is 14.1. The molecule has 5 nitrogen and oxygen atoms in total. The Morgan fingerprint density at radius 3 is 2.87 bits per heavy atom. The fraction of sp³-hybridized carbons (Fsp3) is 0.588. The summed E-state index contributed by atoms with van der Waals surface area (Å²) >= 11 is 6.20. The molecule has 23 heavy (non-hydrogen) atoms. The zero-order valence-electron chi connectivity index (χ0n) is 13.4. The van der Waals surface area contributed by atoms with Gasteiger partial charge in [-0.1, -0.05) is 31.4 Å². The summed E-state index contributed by atoms with van der Waals surface area (Å²) in [5, 5.41) is 6.49. The number of urea groups is 1. The lowest BCUT2D eigenvalue weighted by Crippen LogP contribution is -2.45. The van der Waals surface area contributed by atoms with E-state index in [1.165, 1.54) is 19.3 Å². The number of fused-ring (bicyclic) bond motifs is 1. The molecule has 3 rings (SSSR count). The fourth-order valence-corrected chi connectivity index (χ4v) is 3.49. The molecule has 2 unspecified atom stereocenters. The average Bonchev–Trinajstić information content (AvgIpc) is 2.55. The third-order valence-corrected chi connectivity index (χ3v) is 4.82. The number of halogens is 1. The van der Waals surface area contributed by atoms with Gasteiger partial charge in [0, 0.05) is 12.6 Å². The smallest absolute Gasteiger partial charge is 0.315 e. The number of nitrogens with one attached hydrogen (secondary N) is 2. The first-order chi connectivity index (χ1) is 11.1. The van der Waals surface area contributed by atoms with Gasteiger partial charge in [0.15, 0.2) is 11.5 Å². The van der Waals surface area contributed by atoms with Gasteiger partial charge in [-0.25, -0.2) is 4.79 Å². The average molecular weight is 339 g/mol. The van der Waals surface area contributed by atoms with Gasteiger partial charge in [0.25, 0.3) is 0 Å². The molecular weight excluding hydrogens is 316 g/mol. The molecule has 2 amide bonds. The minimum absolute atomic E-state index is 0.130. The second-order valence-corrected chi connectivity index (χ2v) is 6.70. The van der Waals surface area contributed by atoms with Crippen molar-refractivity contribution in [2.75, 3.05) is 13.2 Å². The minimum Gasteiger partial charge on any atom is -0.486 e. The van der Waals surface area contributed by atoms with Crippen molar-refractivity contribution in [2.24, 2.45) is 5.92 Å². The summed E-state index contributed by atoms with van der Waals surface area (Å²) in [7, 11) is 0. The lowest BCUT2D eigenvalue weighted by atomic mass is 9.86. The van der Waals surface area contributed by atoms with E-state index in [1.54, 1.807) is 6.07 Å². The van der Waals surface area contributed by atoms with Gasteiger partial charge in [-0.05, 0) is 36.5 Å². The highest BCUT2D eigenvalue weighted by Crippen LogP contribution is 2.38. The van der Waals surface area contributed by atoms with Crippen LogP contribution in [-0.4, -0.2) is 25.3 Å². The van der Waals surface area contributed by atoms with E-state index in [9.17, 15) is 4.79 Å². The number of hydrogen-bond donors (Lipinski definition) is 2. The van der Waals surface area contributed by atoms with Crippen molar-refractivity contribution in [1.82, 2.24) is 10.6 Å². The molecule has 1 heterocycles. The third-order valence-electron chi connectivity index (χ3n) is 4.54. The van der Waals surface area contributed by atoms with Crippen molar-refractivity contribution >= 4 is 17.6 Å². The molecule has 2 atom stereocenters. The molecule has 0 radical (unpaired) electrons. The summed E-state index contributed by atoms with van der Waals surface area (Å²) < 4.78 is 11.0. The van der Waals surface area contributed by atoms with Crippen LogP contribution in [0.3, 0.4) is 0 Å². The van der Waals surface area contributed by atoms with Crippen molar-refractivity contribution in [3.05, 3.63) is 22.7 Å². The van der Waals surface area contributed by atoms with Gasteiger partial charge in [-0.15, -0.1) is 0 Å². The molecule has 1 aliphatic heterocycles. The summed E-state index contributed by atoms with van der Waals surface area (Å²) in [5.41, 5.74) is 0.895. The van der Waals surface area contributed by atoms with Gasteiger partial charge in [-0.3, -0.25) is 0 Å². The van der Waals surface area contributed by atoms with Crippen LogP contribution in [0.4, 0.5) is 4.79 Å². The molecular formula is C17H23ClN2O3.